The number of phenolic OH excluding ortho intramolecular Hbond substituents is 2. The molecule has 0 aliphatic carbocycles. The molecule has 25 heavy (non-hydrogen) atoms. The van der Waals surface area contributed by atoms with E-state index in [-0.39, 0.29) is 11.3 Å². The third-order valence-corrected chi connectivity index (χ3v) is 4.15. The second kappa shape index (κ2) is 5.83. The minimum Gasteiger partial charge on any atom is -0.504 e. The van der Waals surface area contributed by atoms with Crippen LogP contribution in [0, 0.1) is 0 Å². The summed E-state index contributed by atoms with van der Waals surface area (Å²) in [4.78, 5) is 12.7. The molecular formula is C21H14O4. The van der Waals surface area contributed by atoms with Crippen molar-refractivity contribution in [1.82, 2.24) is 0 Å². The summed E-state index contributed by atoms with van der Waals surface area (Å²) in [5.74, 6) is -0.770. The van der Waals surface area contributed by atoms with Crippen LogP contribution in [0.3, 0.4) is 0 Å². The molecule has 4 nitrogen and oxygen atoms in total. The summed E-state index contributed by atoms with van der Waals surface area (Å²) in [6.45, 7) is 0. The number of aromatic hydroxyl groups is 2. The molecule has 0 radical (unpaired) electrons. The van der Waals surface area contributed by atoms with Crippen molar-refractivity contribution in [2.45, 2.75) is 0 Å². The van der Waals surface area contributed by atoms with E-state index >= 15 is 0 Å². The van der Waals surface area contributed by atoms with Gasteiger partial charge >= 0.3 is 5.63 Å². The van der Waals surface area contributed by atoms with Gasteiger partial charge in [-0.05, 0) is 23.3 Å². The zero-order chi connectivity index (χ0) is 17.4. The van der Waals surface area contributed by atoms with Crippen molar-refractivity contribution in [1.29, 1.82) is 0 Å². The summed E-state index contributed by atoms with van der Waals surface area (Å²) < 4.78 is 5.36. The molecule has 4 rings (SSSR count). The number of hydrogen-bond acceptors (Lipinski definition) is 4. The first-order chi connectivity index (χ1) is 12.2. The monoisotopic (exact) mass is 330 g/mol. The van der Waals surface area contributed by atoms with Crippen LogP contribution in [0.15, 0.2) is 82.0 Å². The highest BCUT2D eigenvalue weighted by Crippen LogP contribution is 2.41. The Bertz CT molecular complexity index is 1110. The highest BCUT2D eigenvalue weighted by molar-refractivity contribution is 6.03. The molecule has 0 saturated carbocycles. The van der Waals surface area contributed by atoms with E-state index in [0.717, 1.165) is 11.1 Å². The van der Waals surface area contributed by atoms with Gasteiger partial charge in [0.25, 0.3) is 0 Å². The van der Waals surface area contributed by atoms with Gasteiger partial charge in [0.05, 0.1) is 5.56 Å². The lowest BCUT2D eigenvalue weighted by molar-refractivity contribution is 0.398. The second-order valence-electron chi connectivity index (χ2n) is 5.68. The molecule has 0 bridgehead atoms. The molecule has 0 unspecified atom stereocenters. The van der Waals surface area contributed by atoms with Crippen molar-refractivity contribution in [2.75, 3.05) is 0 Å². The third-order valence-electron chi connectivity index (χ3n) is 4.15. The molecular weight excluding hydrogens is 316 g/mol. The molecule has 3 aromatic carbocycles. The molecule has 0 amide bonds. The van der Waals surface area contributed by atoms with Crippen LogP contribution in [-0.2, 0) is 0 Å². The zero-order valence-corrected chi connectivity index (χ0v) is 13.1. The molecule has 0 aliphatic heterocycles. The largest absolute Gasteiger partial charge is 0.504 e. The summed E-state index contributed by atoms with van der Waals surface area (Å²) in [5.41, 5.74) is 2.04. The van der Waals surface area contributed by atoms with Crippen LogP contribution in [0.1, 0.15) is 0 Å². The topological polar surface area (TPSA) is 70.7 Å². The molecule has 122 valence electrons. The molecule has 0 aliphatic rings. The normalized spacial score (nSPS) is 10.9. The van der Waals surface area contributed by atoms with E-state index < -0.39 is 11.4 Å². The average molecular weight is 330 g/mol. The standard InChI is InChI=1S/C21H14O4/c22-16-12-11-15-17(13-7-3-1-4-8-13)18(14-9-5-2-6-10-14)21(24)25-20(15)19(16)23/h1-12,22-23H. The number of phenols is 2. The van der Waals surface area contributed by atoms with Gasteiger partial charge < -0.3 is 14.6 Å². The predicted molar refractivity (Wildman–Crippen MR) is 96.7 cm³/mol. The van der Waals surface area contributed by atoms with Gasteiger partial charge in [0.1, 0.15) is 0 Å². The lowest BCUT2D eigenvalue weighted by Gasteiger charge is -2.13. The fraction of sp³-hybridized carbons (Fsp3) is 0. The average Bonchev–Trinajstić information content (AvgIpc) is 2.65. The van der Waals surface area contributed by atoms with Crippen LogP contribution < -0.4 is 5.63 Å². The highest BCUT2D eigenvalue weighted by atomic mass is 16.4. The first kappa shape index (κ1) is 15.0. The van der Waals surface area contributed by atoms with Gasteiger partial charge in [-0.25, -0.2) is 4.79 Å². The first-order valence-corrected chi connectivity index (χ1v) is 7.79. The molecule has 0 atom stereocenters. The number of hydrogen-bond donors (Lipinski definition) is 2. The van der Waals surface area contributed by atoms with Crippen molar-refractivity contribution >= 4 is 11.0 Å². The van der Waals surface area contributed by atoms with Crippen LogP contribution >= 0.6 is 0 Å². The maximum absolute atomic E-state index is 12.7. The van der Waals surface area contributed by atoms with Crippen molar-refractivity contribution in [3.63, 3.8) is 0 Å². The van der Waals surface area contributed by atoms with Crippen molar-refractivity contribution < 1.29 is 14.6 Å². The van der Waals surface area contributed by atoms with Crippen molar-refractivity contribution in [3.8, 4) is 33.8 Å². The van der Waals surface area contributed by atoms with E-state index in [1.807, 2.05) is 60.7 Å². The summed E-state index contributed by atoms with van der Waals surface area (Å²) in [6, 6.07) is 21.7. The zero-order valence-electron chi connectivity index (χ0n) is 13.1. The molecule has 1 aromatic heterocycles. The quantitative estimate of drug-likeness (QED) is 0.418. The Labute approximate surface area is 143 Å². The Balaban J connectivity index is 2.21. The Morgan fingerprint density at radius 2 is 1.24 bits per heavy atom. The number of fused-ring (bicyclic) bond motifs is 1. The minimum absolute atomic E-state index is 0.0245. The van der Waals surface area contributed by atoms with E-state index in [9.17, 15) is 15.0 Å². The molecule has 1 heterocycles. The number of benzene rings is 3. The third kappa shape index (κ3) is 2.44. The number of rotatable bonds is 2. The fourth-order valence-corrected chi connectivity index (χ4v) is 3.01. The Morgan fingerprint density at radius 1 is 0.680 bits per heavy atom. The van der Waals surface area contributed by atoms with Crippen LogP contribution in [0.25, 0.3) is 33.2 Å². The molecule has 0 fully saturated rings. The van der Waals surface area contributed by atoms with Crippen LogP contribution in [0.2, 0.25) is 0 Å². The van der Waals surface area contributed by atoms with Gasteiger partial charge in [0, 0.05) is 10.9 Å². The van der Waals surface area contributed by atoms with E-state index in [2.05, 4.69) is 0 Å². The van der Waals surface area contributed by atoms with Crippen molar-refractivity contribution in [2.24, 2.45) is 0 Å². The van der Waals surface area contributed by atoms with E-state index in [4.69, 9.17) is 4.42 Å². The molecule has 4 aromatic rings. The van der Waals surface area contributed by atoms with E-state index in [0.29, 0.717) is 16.5 Å². The summed E-state index contributed by atoms with van der Waals surface area (Å²) in [7, 11) is 0. The van der Waals surface area contributed by atoms with E-state index in [1.54, 1.807) is 6.07 Å². The van der Waals surface area contributed by atoms with Gasteiger partial charge in [-0.2, -0.15) is 0 Å². The Kier molecular flexibility index (Phi) is 3.51. The van der Waals surface area contributed by atoms with Crippen LogP contribution in [-0.4, -0.2) is 10.2 Å². The summed E-state index contributed by atoms with van der Waals surface area (Å²) in [6.07, 6.45) is 0. The van der Waals surface area contributed by atoms with Crippen LogP contribution in [0.5, 0.6) is 11.5 Å². The van der Waals surface area contributed by atoms with E-state index in [1.165, 1.54) is 6.07 Å². The van der Waals surface area contributed by atoms with Crippen molar-refractivity contribution in [3.05, 3.63) is 83.2 Å². The van der Waals surface area contributed by atoms with Crippen LogP contribution in [0.4, 0.5) is 0 Å². The summed E-state index contributed by atoms with van der Waals surface area (Å²) in [5, 5.41) is 20.4. The molecule has 0 spiro atoms. The molecule has 2 N–H and O–H groups in total. The maximum Gasteiger partial charge on any atom is 0.344 e. The highest BCUT2D eigenvalue weighted by Gasteiger charge is 2.20. The lowest BCUT2D eigenvalue weighted by Crippen LogP contribution is -2.06. The fourth-order valence-electron chi connectivity index (χ4n) is 3.01. The SMILES string of the molecule is O=c1oc2c(O)c(O)ccc2c(-c2ccccc2)c1-c1ccccc1. The molecule has 0 saturated heterocycles. The second-order valence-corrected chi connectivity index (χ2v) is 5.68. The van der Waals surface area contributed by atoms with Gasteiger partial charge in [0.2, 0.25) is 5.75 Å². The Hall–Kier alpha value is -3.53. The maximum atomic E-state index is 12.7. The Morgan fingerprint density at radius 3 is 1.84 bits per heavy atom. The predicted octanol–water partition coefficient (Wildman–Crippen LogP) is 4.54. The lowest BCUT2D eigenvalue weighted by atomic mass is 9.93. The first-order valence-electron chi connectivity index (χ1n) is 7.79. The van der Waals surface area contributed by atoms with Gasteiger partial charge in [-0.3, -0.25) is 0 Å². The molecule has 4 heteroatoms. The van der Waals surface area contributed by atoms with Gasteiger partial charge in [-0.1, -0.05) is 60.7 Å². The van der Waals surface area contributed by atoms with Gasteiger partial charge in [0.15, 0.2) is 11.3 Å². The smallest absolute Gasteiger partial charge is 0.344 e. The van der Waals surface area contributed by atoms with Gasteiger partial charge in [-0.15, -0.1) is 0 Å². The minimum atomic E-state index is -0.571. The summed E-state index contributed by atoms with van der Waals surface area (Å²) >= 11 is 0.